The lowest BCUT2D eigenvalue weighted by Gasteiger charge is -2.12. The topological polar surface area (TPSA) is 80.4 Å². The Morgan fingerprint density at radius 3 is 2.71 bits per heavy atom. The van der Waals surface area contributed by atoms with Crippen LogP contribution in [0.15, 0.2) is 24.3 Å². The Balaban J connectivity index is 2.62. The van der Waals surface area contributed by atoms with Crippen LogP contribution in [-0.2, 0) is 4.79 Å². The number of carbonyl (C=O) groups excluding carboxylic acids is 1. The first kappa shape index (κ1) is 13.4. The van der Waals surface area contributed by atoms with Gasteiger partial charge in [0.25, 0.3) is 0 Å². The molecule has 0 spiro atoms. The first-order chi connectivity index (χ1) is 8.00. The Morgan fingerprint density at radius 2 is 2.12 bits per heavy atom. The third kappa shape index (κ3) is 4.36. The minimum atomic E-state index is -0.810. The molecule has 17 heavy (non-hydrogen) atoms. The van der Waals surface area contributed by atoms with E-state index >= 15 is 0 Å². The molecule has 0 saturated heterocycles. The van der Waals surface area contributed by atoms with Gasteiger partial charge in [0, 0.05) is 18.0 Å². The van der Waals surface area contributed by atoms with Crippen LogP contribution in [0.2, 0.25) is 0 Å². The fourth-order valence-electron chi connectivity index (χ4n) is 1.63. The maximum Gasteiger partial charge on any atom is 0.303 e. The molecule has 0 aliphatic carbocycles. The second-order valence-corrected chi connectivity index (χ2v) is 4.07. The minimum absolute atomic E-state index is 0.00425. The number of hydrogen-bond acceptors (Lipinski definition) is 3. The largest absolute Gasteiger partial charge is 0.481 e. The predicted molar refractivity (Wildman–Crippen MR) is 64.9 cm³/mol. The predicted octanol–water partition coefficient (Wildman–Crippen LogP) is 2.14. The molecular formula is C13H17NO3. The van der Waals surface area contributed by atoms with Gasteiger partial charge in [-0.15, -0.1) is 0 Å². The van der Waals surface area contributed by atoms with E-state index in [0.29, 0.717) is 18.4 Å². The number of hydrogen-bond donors (Lipinski definition) is 2. The summed E-state index contributed by atoms with van der Waals surface area (Å²) in [7, 11) is 0. The number of carboxylic acids is 1. The van der Waals surface area contributed by atoms with Gasteiger partial charge < -0.3 is 10.8 Å². The summed E-state index contributed by atoms with van der Waals surface area (Å²) < 4.78 is 0. The first-order valence-corrected chi connectivity index (χ1v) is 5.59. The van der Waals surface area contributed by atoms with Crippen LogP contribution in [0.4, 0.5) is 0 Å². The number of aliphatic carboxylic acids is 1. The van der Waals surface area contributed by atoms with Crippen molar-refractivity contribution in [1.29, 1.82) is 0 Å². The van der Waals surface area contributed by atoms with Crippen LogP contribution in [0.25, 0.3) is 0 Å². The molecule has 92 valence electrons. The normalized spacial score (nSPS) is 12.1. The third-order valence-corrected chi connectivity index (χ3v) is 2.63. The van der Waals surface area contributed by atoms with E-state index in [-0.39, 0.29) is 18.2 Å². The van der Waals surface area contributed by atoms with Gasteiger partial charge in [-0.3, -0.25) is 9.59 Å². The van der Waals surface area contributed by atoms with Crippen molar-refractivity contribution in [3.05, 3.63) is 35.4 Å². The van der Waals surface area contributed by atoms with Crippen LogP contribution < -0.4 is 5.73 Å². The van der Waals surface area contributed by atoms with E-state index in [9.17, 15) is 9.59 Å². The van der Waals surface area contributed by atoms with Crippen molar-refractivity contribution in [2.24, 2.45) is 5.73 Å². The summed E-state index contributed by atoms with van der Waals surface area (Å²) in [5.41, 5.74) is 7.46. The van der Waals surface area contributed by atoms with E-state index in [4.69, 9.17) is 10.8 Å². The molecule has 0 aliphatic rings. The molecule has 0 fully saturated rings. The van der Waals surface area contributed by atoms with E-state index in [2.05, 4.69) is 0 Å². The summed E-state index contributed by atoms with van der Waals surface area (Å²) in [6.07, 6.45) is 1.27. The van der Waals surface area contributed by atoms with Gasteiger partial charge in [-0.1, -0.05) is 18.2 Å². The summed E-state index contributed by atoms with van der Waals surface area (Å²) >= 11 is 0. The van der Waals surface area contributed by atoms with Crippen molar-refractivity contribution >= 4 is 11.8 Å². The van der Waals surface area contributed by atoms with Gasteiger partial charge in [0.2, 0.25) is 0 Å². The van der Waals surface area contributed by atoms with Crippen molar-refractivity contribution in [2.75, 3.05) is 0 Å². The SMILES string of the molecule is CC(=O)c1cccc([C@@H](N)CCCC(=O)O)c1. The van der Waals surface area contributed by atoms with Gasteiger partial charge in [0.05, 0.1) is 0 Å². The molecule has 1 atom stereocenters. The molecule has 0 aromatic heterocycles. The van der Waals surface area contributed by atoms with Gasteiger partial charge in [-0.25, -0.2) is 0 Å². The molecular weight excluding hydrogens is 218 g/mol. The second-order valence-electron chi connectivity index (χ2n) is 4.07. The number of ketones is 1. The van der Waals surface area contributed by atoms with Gasteiger partial charge in [0.1, 0.15) is 0 Å². The third-order valence-electron chi connectivity index (χ3n) is 2.63. The van der Waals surface area contributed by atoms with Crippen LogP contribution in [0.3, 0.4) is 0 Å². The Kier molecular flexibility index (Phi) is 4.84. The number of Topliss-reactive ketones (excluding diaryl/α,β-unsaturated/α-hetero) is 1. The highest BCUT2D eigenvalue weighted by molar-refractivity contribution is 5.94. The fourth-order valence-corrected chi connectivity index (χ4v) is 1.63. The molecule has 0 radical (unpaired) electrons. The second kappa shape index (κ2) is 6.15. The molecule has 1 rings (SSSR count). The Morgan fingerprint density at radius 1 is 1.41 bits per heavy atom. The zero-order valence-electron chi connectivity index (χ0n) is 9.85. The molecule has 1 aromatic carbocycles. The summed E-state index contributed by atoms with van der Waals surface area (Å²) in [4.78, 5) is 21.6. The van der Waals surface area contributed by atoms with Crippen molar-refractivity contribution in [3.63, 3.8) is 0 Å². The molecule has 0 saturated carbocycles. The number of benzene rings is 1. The fraction of sp³-hybridized carbons (Fsp3) is 0.385. The maximum atomic E-state index is 11.2. The molecule has 0 unspecified atom stereocenters. The zero-order chi connectivity index (χ0) is 12.8. The number of nitrogens with two attached hydrogens (primary N) is 1. The molecule has 4 nitrogen and oxygen atoms in total. The highest BCUT2D eigenvalue weighted by Gasteiger charge is 2.09. The van der Waals surface area contributed by atoms with E-state index in [1.54, 1.807) is 18.2 Å². The van der Waals surface area contributed by atoms with Crippen molar-refractivity contribution in [1.82, 2.24) is 0 Å². The van der Waals surface area contributed by atoms with Gasteiger partial charge in [-0.2, -0.15) is 0 Å². The van der Waals surface area contributed by atoms with Crippen LogP contribution in [0.5, 0.6) is 0 Å². The van der Waals surface area contributed by atoms with Crippen molar-refractivity contribution in [2.45, 2.75) is 32.2 Å². The highest BCUT2D eigenvalue weighted by atomic mass is 16.4. The Labute approximate surface area is 100 Å². The van der Waals surface area contributed by atoms with Gasteiger partial charge in [0.15, 0.2) is 5.78 Å². The molecule has 0 bridgehead atoms. The quantitative estimate of drug-likeness (QED) is 0.740. The van der Waals surface area contributed by atoms with Crippen molar-refractivity contribution < 1.29 is 14.7 Å². The molecule has 0 heterocycles. The summed E-state index contributed by atoms with van der Waals surface area (Å²) in [6, 6.07) is 6.96. The van der Waals surface area contributed by atoms with E-state index in [0.717, 1.165) is 5.56 Å². The lowest BCUT2D eigenvalue weighted by molar-refractivity contribution is -0.137. The van der Waals surface area contributed by atoms with Gasteiger partial charge >= 0.3 is 5.97 Å². The maximum absolute atomic E-state index is 11.2. The number of carbonyl (C=O) groups is 2. The smallest absolute Gasteiger partial charge is 0.303 e. The summed E-state index contributed by atoms with van der Waals surface area (Å²) in [5, 5.41) is 8.53. The van der Waals surface area contributed by atoms with Gasteiger partial charge in [-0.05, 0) is 31.4 Å². The Bertz CT molecular complexity index is 415. The van der Waals surface area contributed by atoms with E-state index in [1.165, 1.54) is 6.92 Å². The lowest BCUT2D eigenvalue weighted by Crippen LogP contribution is -2.11. The summed E-state index contributed by atoms with van der Waals surface area (Å²) in [5.74, 6) is -0.806. The van der Waals surface area contributed by atoms with Crippen LogP contribution >= 0.6 is 0 Å². The zero-order valence-corrected chi connectivity index (χ0v) is 9.85. The molecule has 3 N–H and O–H groups in total. The van der Waals surface area contributed by atoms with E-state index < -0.39 is 5.97 Å². The number of carboxylic acid groups (broad SMARTS) is 1. The molecule has 0 amide bonds. The van der Waals surface area contributed by atoms with Crippen molar-refractivity contribution in [3.8, 4) is 0 Å². The average molecular weight is 235 g/mol. The molecule has 4 heteroatoms. The van der Waals surface area contributed by atoms with Crippen LogP contribution in [-0.4, -0.2) is 16.9 Å². The molecule has 1 aromatic rings. The number of rotatable bonds is 6. The van der Waals surface area contributed by atoms with Crippen LogP contribution in [0.1, 0.15) is 48.1 Å². The highest BCUT2D eigenvalue weighted by Crippen LogP contribution is 2.18. The standard InChI is InChI=1S/C13H17NO3/c1-9(15)10-4-2-5-11(8-10)12(14)6-3-7-13(16)17/h2,4-5,8,12H,3,6-7,14H2,1H3,(H,16,17)/t12-/m0/s1. The summed E-state index contributed by atoms with van der Waals surface area (Å²) in [6.45, 7) is 1.51. The monoisotopic (exact) mass is 235 g/mol. The molecule has 0 aliphatic heterocycles. The first-order valence-electron chi connectivity index (χ1n) is 5.59. The minimum Gasteiger partial charge on any atom is -0.481 e. The lowest BCUT2D eigenvalue weighted by atomic mass is 9.99. The van der Waals surface area contributed by atoms with Crippen LogP contribution in [0, 0.1) is 0 Å². The Hall–Kier alpha value is -1.68. The van der Waals surface area contributed by atoms with E-state index in [1.807, 2.05) is 6.07 Å². The average Bonchev–Trinajstić information content (AvgIpc) is 2.28.